The third-order valence-corrected chi connectivity index (χ3v) is 7.99. The third-order valence-electron chi connectivity index (χ3n) is 6.88. The second-order valence-electron chi connectivity index (χ2n) is 10.2. The summed E-state index contributed by atoms with van der Waals surface area (Å²) in [7, 11) is 4.20. The van der Waals surface area contributed by atoms with Crippen LogP contribution < -0.4 is 25.8 Å². The minimum Gasteiger partial charge on any atom is -0.480 e. The normalized spacial score (nSPS) is 13.1. The van der Waals surface area contributed by atoms with Crippen LogP contribution in [0.25, 0.3) is 22.4 Å². The Balaban J connectivity index is 1.86. The van der Waals surface area contributed by atoms with Crippen molar-refractivity contribution in [1.82, 2.24) is 13.8 Å². The molecule has 0 bridgehead atoms. The van der Waals surface area contributed by atoms with Crippen LogP contribution in [0, 0.1) is 12.8 Å². The maximum atomic E-state index is 13.3. The van der Waals surface area contributed by atoms with Gasteiger partial charge in [-0.2, -0.15) is 4.99 Å². The van der Waals surface area contributed by atoms with E-state index < -0.39 is 47.2 Å². The van der Waals surface area contributed by atoms with Crippen LogP contribution in [0.3, 0.4) is 0 Å². The lowest BCUT2D eigenvalue weighted by Crippen LogP contribution is -2.51. The van der Waals surface area contributed by atoms with E-state index in [1.54, 1.807) is 26.2 Å². The minimum atomic E-state index is -4.97. The minimum absolute atomic E-state index is 0.00247. The Labute approximate surface area is 255 Å². The van der Waals surface area contributed by atoms with E-state index in [1.165, 1.54) is 43.0 Å². The largest absolute Gasteiger partial charge is 0.573 e. The molecule has 236 valence electrons. The lowest BCUT2D eigenvalue weighted by Gasteiger charge is -2.31. The molecule has 17 heteroatoms. The quantitative estimate of drug-likeness (QED) is 0.303. The van der Waals surface area contributed by atoms with Crippen molar-refractivity contribution in [2.45, 2.75) is 39.6 Å². The van der Waals surface area contributed by atoms with Gasteiger partial charge in [-0.15, -0.1) is 24.5 Å². The Bertz CT molecular complexity index is 1970. The number of aliphatic carboxylic acids is 1. The predicted molar refractivity (Wildman–Crippen MR) is 156 cm³/mol. The predicted octanol–water partition coefficient (Wildman–Crippen LogP) is 3.57. The fraction of sp³-hybridized carbons (Fsp3) is 0.370. The highest BCUT2D eigenvalue weighted by Crippen LogP contribution is 2.34. The number of aromatic nitrogens is 3. The van der Waals surface area contributed by atoms with Crippen molar-refractivity contribution in [1.29, 1.82) is 0 Å². The molecule has 0 radical (unpaired) electrons. The first kappa shape index (κ1) is 32.6. The highest BCUT2D eigenvalue weighted by Gasteiger charge is 2.33. The van der Waals surface area contributed by atoms with Gasteiger partial charge in [-0.1, -0.05) is 25.4 Å². The van der Waals surface area contributed by atoms with Gasteiger partial charge in [-0.05, 0) is 31.0 Å². The Morgan fingerprint density at radius 2 is 1.86 bits per heavy atom. The molecule has 1 aromatic carbocycles. The number of thiazole rings is 1. The number of hydrogen-bond donors (Lipinski definition) is 1. The van der Waals surface area contributed by atoms with E-state index >= 15 is 0 Å². The number of benzene rings is 1. The number of ether oxygens (including phenoxy) is 1. The number of carbonyl (C=O) groups is 2. The van der Waals surface area contributed by atoms with Crippen LogP contribution in [-0.4, -0.2) is 50.2 Å². The molecule has 3 heterocycles. The third kappa shape index (κ3) is 6.17. The summed E-state index contributed by atoms with van der Waals surface area (Å²) < 4.78 is 51.3. The van der Waals surface area contributed by atoms with Crippen molar-refractivity contribution in [3.63, 3.8) is 0 Å². The van der Waals surface area contributed by atoms with Crippen LogP contribution >= 0.6 is 22.9 Å². The smallest absolute Gasteiger partial charge is 0.480 e. The van der Waals surface area contributed by atoms with Crippen LogP contribution in [0.1, 0.15) is 25.2 Å². The molecule has 44 heavy (non-hydrogen) atoms. The summed E-state index contributed by atoms with van der Waals surface area (Å²) in [6.45, 7) is 4.91. The topological polar surface area (TPSA) is 141 Å². The number of fused-ring (bicyclic) bond motifs is 1. The second-order valence-corrected chi connectivity index (χ2v) is 11.5. The molecule has 0 aliphatic heterocycles. The van der Waals surface area contributed by atoms with Gasteiger partial charge in [-0.3, -0.25) is 23.7 Å². The number of amides is 1. The van der Waals surface area contributed by atoms with Gasteiger partial charge in [0.05, 0.1) is 17.1 Å². The number of likely N-dealkylation sites (N-methyl/N-ethyl adjacent to an activating group) is 1. The molecular weight excluding hydrogens is 631 g/mol. The Hall–Kier alpha value is -4.31. The fourth-order valence-electron chi connectivity index (χ4n) is 4.85. The van der Waals surface area contributed by atoms with Gasteiger partial charge in [0.2, 0.25) is 10.5 Å². The van der Waals surface area contributed by atoms with Gasteiger partial charge in [0.25, 0.3) is 11.5 Å². The number of nitrogens with zero attached hydrogens (tertiary/aromatic N) is 5. The first-order valence-electron chi connectivity index (χ1n) is 12.9. The highest BCUT2D eigenvalue weighted by atomic mass is 35.5. The van der Waals surface area contributed by atoms with E-state index in [0.29, 0.717) is 0 Å². The van der Waals surface area contributed by atoms with Crippen molar-refractivity contribution in [3.05, 3.63) is 65.6 Å². The van der Waals surface area contributed by atoms with Crippen molar-refractivity contribution < 1.29 is 37.0 Å². The van der Waals surface area contributed by atoms with Gasteiger partial charge >= 0.3 is 18.0 Å². The molecule has 0 unspecified atom stereocenters. The molecular formula is C27H27ClF3N5O7S. The summed E-state index contributed by atoms with van der Waals surface area (Å²) in [6.07, 6.45) is -5.35. The number of rotatable bonds is 8. The van der Waals surface area contributed by atoms with Crippen LogP contribution in [0.15, 0.2) is 42.6 Å². The number of carboxylic acids is 1. The van der Waals surface area contributed by atoms with Crippen molar-refractivity contribution in [2.75, 3.05) is 12.1 Å². The molecule has 0 aliphatic rings. The van der Waals surface area contributed by atoms with Gasteiger partial charge < -0.3 is 14.3 Å². The fourth-order valence-corrected chi connectivity index (χ4v) is 6.00. The summed E-state index contributed by atoms with van der Waals surface area (Å²) in [5.74, 6) is -2.70. The van der Waals surface area contributed by atoms with Gasteiger partial charge in [-0.25, -0.2) is 14.3 Å². The second kappa shape index (κ2) is 12.0. The van der Waals surface area contributed by atoms with Gasteiger partial charge in [0.1, 0.15) is 22.9 Å². The van der Waals surface area contributed by atoms with Crippen molar-refractivity contribution in [2.24, 2.45) is 25.0 Å². The number of aryl methyl sites for hydroxylation is 2. The maximum absolute atomic E-state index is 13.3. The molecule has 12 nitrogen and oxygen atoms in total. The summed E-state index contributed by atoms with van der Waals surface area (Å²) >= 11 is 7.06. The van der Waals surface area contributed by atoms with Crippen LogP contribution in [0.4, 0.5) is 13.2 Å². The van der Waals surface area contributed by atoms with Crippen LogP contribution in [0.2, 0.25) is 5.02 Å². The van der Waals surface area contributed by atoms with Gasteiger partial charge in [0.15, 0.2) is 0 Å². The summed E-state index contributed by atoms with van der Waals surface area (Å²) in [5, 5.41) is 12.6. The lowest BCUT2D eigenvalue weighted by atomic mass is 10.0. The molecule has 0 fully saturated rings. The highest BCUT2D eigenvalue weighted by molar-refractivity contribution is 7.07. The average Bonchev–Trinajstić information content (AvgIpc) is 3.47. The van der Waals surface area contributed by atoms with Crippen molar-refractivity contribution in [3.8, 4) is 17.0 Å². The zero-order valence-electron chi connectivity index (χ0n) is 24.2. The molecule has 0 spiro atoms. The molecule has 4 aromatic rings. The number of hydrogen-bond acceptors (Lipinski definition) is 8. The first-order valence-corrected chi connectivity index (χ1v) is 14.2. The van der Waals surface area contributed by atoms with E-state index in [2.05, 4.69) is 9.73 Å². The summed E-state index contributed by atoms with van der Waals surface area (Å²) in [4.78, 5) is 55.0. The average molecular weight is 658 g/mol. The number of alkyl halides is 3. The Morgan fingerprint density at radius 1 is 1.20 bits per heavy atom. The summed E-state index contributed by atoms with van der Waals surface area (Å²) in [6, 6.07) is 2.43. The van der Waals surface area contributed by atoms with Gasteiger partial charge in [0, 0.05) is 37.6 Å². The van der Waals surface area contributed by atoms with E-state index in [-0.39, 0.29) is 49.9 Å². The molecule has 1 N–H and O–H groups in total. The molecule has 1 atom stereocenters. The molecule has 1 amide bonds. The summed E-state index contributed by atoms with van der Waals surface area (Å²) in [5.41, 5.74) is -0.445. The molecule has 0 saturated carbocycles. The van der Waals surface area contributed by atoms with Crippen LogP contribution in [0.5, 0.6) is 5.75 Å². The standard InChI is InChI=1S/C27H27ClF3N5O7S/c1-12(2)21(24(39)40)35(6)36-17(14-7-8-18(16(28)9-14)43-27(29,30)31)11-44-25(36)32-19(37)10-15-13(3)42-23-20(15)22(38)33(4)26(41)34(23)5/h7-9,11-12,21H,10H2,1-6H3,(H,39,40)/t21-/m0/s1. The number of carboxylic acid groups (broad SMARTS) is 1. The molecule has 0 aliphatic carbocycles. The van der Waals surface area contributed by atoms with Crippen molar-refractivity contribution >= 4 is 45.9 Å². The number of furan rings is 1. The van der Waals surface area contributed by atoms with E-state index in [4.69, 9.17) is 16.0 Å². The maximum Gasteiger partial charge on any atom is 0.573 e. The van der Waals surface area contributed by atoms with Crippen LogP contribution in [-0.2, 0) is 30.1 Å². The molecule has 0 saturated heterocycles. The zero-order chi connectivity index (χ0) is 32.8. The first-order chi connectivity index (χ1) is 20.4. The van der Waals surface area contributed by atoms with E-state index in [0.717, 1.165) is 26.5 Å². The zero-order valence-corrected chi connectivity index (χ0v) is 25.8. The Kier molecular flexibility index (Phi) is 8.89. The molecule has 4 rings (SSSR count). The molecule has 3 aromatic heterocycles. The van der Waals surface area contributed by atoms with E-state index in [1.807, 2.05) is 0 Å². The SMILES string of the molecule is Cc1oc2c(c1CC(=O)N=c1scc(-c3ccc(OC(F)(F)F)c(Cl)c3)n1N(C)[C@H](C(=O)O)C(C)C)c(=O)n(C)c(=O)n2C. The number of carbonyl (C=O) groups excluding carboxylic acids is 1. The van der Waals surface area contributed by atoms with E-state index in [9.17, 15) is 37.5 Å². The Morgan fingerprint density at radius 3 is 2.43 bits per heavy atom. The lowest BCUT2D eigenvalue weighted by molar-refractivity contribution is -0.274. The number of halogens is 4. The monoisotopic (exact) mass is 657 g/mol.